The number of anilines is 1. The number of sulfonamides is 1. The van der Waals surface area contributed by atoms with Crippen LogP contribution in [0.3, 0.4) is 0 Å². The van der Waals surface area contributed by atoms with Crippen LogP contribution in [0, 0.1) is 6.92 Å². The molecule has 0 saturated heterocycles. The van der Waals surface area contributed by atoms with Crippen molar-refractivity contribution in [1.29, 1.82) is 0 Å². The molecule has 0 amide bonds. The van der Waals surface area contributed by atoms with Crippen molar-refractivity contribution in [1.82, 2.24) is 0 Å². The van der Waals surface area contributed by atoms with Crippen LogP contribution in [-0.2, 0) is 10.0 Å². The second-order valence-electron chi connectivity index (χ2n) is 4.02. The Labute approximate surface area is 125 Å². The standard InChI is InChI=1S/C13H11BrClNO2S/c1-9-2-5-11(15)8-13(9)16-19(17,18)12-6-3-10(14)4-7-12/h2-8,16H,1H3. The van der Waals surface area contributed by atoms with Gasteiger partial charge in [-0.2, -0.15) is 0 Å². The van der Waals surface area contributed by atoms with Crippen LogP contribution in [-0.4, -0.2) is 8.42 Å². The molecule has 1 N–H and O–H groups in total. The highest BCUT2D eigenvalue weighted by molar-refractivity contribution is 9.10. The van der Waals surface area contributed by atoms with Gasteiger partial charge in [-0.15, -0.1) is 0 Å². The summed E-state index contributed by atoms with van der Waals surface area (Å²) in [4.78, 5) is 0.204. The Bertz CT molecular complexity index is 699. The van der Waals surface area contributed by atoms with Gasteiger partial charge in [0.1, 0.15) is 0 Å². The van der Waals surface area contributed by atoms with Gasteiger partial charge in [0, 0.05) is 9.50 Å². The molecule has 0 radical (unpaired) electrons. The van der Waals surface area contributed by atoms with Crippen molar-refractivity contribution in [3.05, 3.63) is 57.5 Å². The fourth-order valence-corrected chi connectivity index (χ4v) is 3.08. The van der Waals surface area contributed by atoms with Crippen LogP contribution >= 0.6 is 27.5 Å². The van der Waals surface area contributed by atoms with Gasteiger partial charge in [-0.3, -0.25) is 4.72 Å². The first-order valence-corrected chi connectivity index (χ1v) is 8.08. The monoisotopic (exact) mass is 359 g/mol. The summed E-state index contributed by atoms with van der Waals surface area (Å²) in [6, 6.07) is 11.5. The molecule has 0 unspecified atom stereocenters. The van der Waals surface area contributed by atoms with E-state index in [1.54, 1.807) is 30.3 Å². The van der Waals surface area contributed by atoms with Crippen LogP contribution in [0.4, 0.5) is 5.69 Å². The molecule has 2 aromatic carbocycles. The first-order valence-electron chi connectivity index (χ1n) is 5.43. The van der Waals surface area contributed by atoms with Crippen molar-refractivity contribution < 1.29 is 8.42 Å². The molecule has 0 atom stereocenters. The van der Waals surface area contributed by atoms with E-state index in [4.69, 9.17) is 11.6 Å². The van der Waals surface area contributed by atoms with E-state index in [1.165, 1.54) is 12.1 Å². The summed E-state index contributed by atoms with van der Waals surface area (Å²) in [5, 5.41) is 0.485. The summed E-state index contributed by atoms with van der Waals surface area (Å²) in [6.07, 6.45) is 0. The Morgan fingerprint density at radius 2 is 1.74 bits per heavy atom. The highest BCUT2D eigenvalue weighted by Gasteiger charge is 2.15. The quantitative estimate of drug-likeness (QED) is 0.891. The van der Waals surface area contributed by atoms with Crippen molar-refractivity contribution >= 4 is 43.2 Å². The fraction of sp³-hybridized carbons (Fsp3) is 0.0769. The molecule has 6 heteroatoms. The van der Waals surface area contributed by atoms with Crippen LogP contribution in [0.15, 0.2) is 51.8 Å². The van der Waals surface area contributed by atoms with Gasteiger partial charge in [0.05, 0.1) is 10.6 Å². The topological polar surface area (TPSA) is 46.2 Å². The summed E-state index contributed by atoms with van der Waals surface area (Å²) in [7, 11) is -3.60. The largest absolute Gasteiger partial charge is 0.279 e. The van der Waals surface area contributed by atoms with Crippen LogP contribution in [0.1, 0.15) is 5.56 Å². The van der Waals surface area contributed by atoms with Crippen molar-refractivity contribution in [2.75, 3.05) is 4.72 Å². The van der Waals surface area contributed by atoms with Crippen molar-refractivity contribution in [3.8, 4) is 0 Å². The minimum atomic E-state index is -3.60. The van der Waals surface area contributed by atoms with Gasteiger partial charge in [0.2, 0.25) is 0 Å². The SMILES string of the molecule is Cc1ccc(Cl)cc1NS(=O)(=O)c1ccc(Br)cc1. The number of rotatable bonds is 3. The maximum absolute atomic E-state index is 12.2. The molecule has 0 aliphatic carbocycles. The summed E-state index contributed by atoms with van der Waals surface area (Å²) in [5.74, 6) is 0. The number of aryl methyl sites for hydroxylation is 1. The van der Waals surface area contributed by atoms with Crippen LogP contribution < -0.4 is 4.72 Å². The third-order valence-corrected chi connectivity index (χ3v) is 4.71. The lowest BCUT2D eigenvalue weighted by molar-refractivity contribution is 0.601. The van der Waals surface area contributed by atoms with E-state index in [0.29, 0.717) is 10.7 Å². The number of benzene rings is 2. The smallest absolute Gasteiger partial charge is 0.261 e. The van der Waals surface area contributed by atoms with Gasteiger partial charge in [0.25, 0.3) is 10.0 Å². The van der Waals surface area contributed by atoms with Crippen LogP contribution in [0.2, 0.25) is 5.02 Å². The number of hydrogen-bond donors (Lipinski definition) is 1. The van der Waals surface area contributed by atoms with E-state index in [9.17, 15) is 8.42 Å². The molecular formula is C13H11BrClNO2S. The Balaban J connectivity index is 2.36. The van der Waals surface area contributed by atoms with E-state index >= 15 is 0 Å². The second-order valence-corrected chi connectivity index (χ2v) is 7.05. The normalized spacial score (nSPS) is 11.3. The first-order chi connectivity index (χ1) is 8.88. The lowest BCUT2D eigenvalue weighted by Gasteiger charge is -2.11. The molecule has 3 nitrogen and oxygen atoms in total. The Morgan fingerprint density at radius 3 is 2.37 bits per heavy atom. The average Bonchev–Trinajstić information content (AvgIpc) is 2.34. The van der Waals surface area contributed by atoms with Gasteiger partial charge in [-0.05, 0) is 48.9 Å². The first kappa shape index (κ1) is 14.4. The van der Waals surface area contributed by atoms with Gasteiger partial charge >= 0.3 is 0 Å². The third-order valence-electron chi connectivity index (χ3n) is 2.57. The van der Waals surface area contributed by atoms with Crippen molar-refractivity contribution in [3.63, 3.8) is 0 Å². The molecule has 0 fully saturated rings. The second kappa shape index (κ2) is 5.53. The van der Waals surface area contributed by atoms with E-state index in [0.717, 1.165) is 10.0 Å². The summed E-state index contributed by atoms with van der Waals surface area (Å²) >= 11 is 9.14. The fourth-order valence-electron chi connectivity index (χ4n) is 1.52. The van der Waals surface area contributed by atoms with Crippen molar-refractivity contribution in [2.24, 2.45) is 0 Å². The Kier molecular flexibility index (Phi) is 4.18. The number of halogens is 2. The summed E-state index contributed by atoms with van der Waals surface area (Å²) < 4.78 is 27.8. The van der Waals surface area contributed by atoms with Gasteiger partial charge < -0.3 is 0 Å². The molecule has 0 bridgehead atoms. The maximum atomic E-state index is 12.2. The molecule has 100 valence electrons. The van der Waals surface area contributed by atoms with Crippen molar-refractivity contribution in [2.45, 2.75) is 11.8 Å². The molecule has 0 aliphatic heterocycles. The molecular weight excluding hydrogens is 350 g/mol. The Morgan fingerprint density at radius 1 is 1.11 bits per heavy atom. The number of nitrogens with one attached hydrogen (secondary N) is 1. The van der Waals surface area contributed by atoms with E-state index in [-0.39, 0.29) is 4.90 Å². The Hall–Kier alpha value is -1.04. The molecule has 2 aromatic rings. The molecule has 0 heterocycles. The molecule has 0 aliphatic rings. The van der Waals surface area contributed by atoms with E-state index in [1.807, 2.05) is 6.92 Å². The molecule has 0 spiro atoms. The lowest BCUT2D eigenvalue weighted by atomic mass is 10.2. The summed E-state index contributed by atoms with van der Waals surface area (Å²) in [6.45, 7) is 1.82. The zero-order valence-electron chi connectivity index (χ0n) is 10.0. The molecule has 2 rings (SSSR count). The summed E-state index contributed by atoms with van der Waals surface area (Å²) in [5.41, 5.74) is 1.29. The van der Waals surface area contributed by atoms with Crippen LogP contribution in [0.25, 0.3) is 0 Å². The zero-order chi connectivity index (χ0) is 14.0. The average molecular weight is 361 g/mol. The third kappa shape index (κ3) is 3.49. The predicted molar refractivity (Wildman–Crippen MR) is 81.1 cm³/mol. The van der Waals surface area contributed by atoms with E-state index in [2.05, 4.69) is 20.7 Å². The van der Waals surface area contributed by atoms with Crippen LogP contribution in [0.5, 0.6) is 0 Å². The van der Waals surface area contributed by atoms with Gasteiger partial charge in [-0.25, -0.2) is 8.42 Å². The highest BCUT2D eigenvalue weighted by atomic mass is 79.9. The predicted octanol–water partition coefficient (Wildman–Crippen LogP) is 4.21. The minimum absolute atomic E-state index is 0.204. The number of hydrogen-bond acceptors (Lipinski definition) is 2. The lowest BCUT2D eigenvalue weighted by Crippen LogP contribution is -2.13. The van der Waals surface area contributed by atoms with Gasteiger partial charge in [-0.1, -0.05) is 33.6 Å². The molecule has 0 saturated carbocycles. The van der Waals surface area contributed by atoms with Gasteiger partial charge in [0.15, 0.2) is 0 Å². The van der Waals surface area contributed by atoms with E-state index < -0.39 is 10.0 Å². The molecule has 19 heavy (non-hydrogen) atoms. The maximum Gasteiger partial charge on any atom is 0.261 e. The molecule has 0 aromatic heterocycles. The minimum Gasteiger partial charge on any atom is -0.279 e. The highest BCUT2D eigenvalue weighted by Crippen LogP contribution is 2.24. The zero-order valence-corrected chi connectivity index (χ0v) is 13.2.